The summed E-state index contributed by atoms with van der Waals surface area (Å²) in [6.07, 6.45) is 6.91. The van der Waals surface area contributed by atoms with Crippen LogP contribution in [0.3, 0.4) is 0 Å². The molecule has 21 heavy (non-hydrogen) atoms. The average molecular weight is 286 g/mol. The van der Waals surface area contributed by atoms with Gasteiger partial charge in [-0.2, -0.15) is 0 Å². The zero-order valence-electron chi connectivity index (χ0n) is 12.6. The van der Waals surface area contributed by atoms with E-state index in [9.17, 15) is 9.59 Å². The van der Waals surface area contributed by atoms with Crippen LogP contribution in [0.25, 0.3) is 0 Å². The molecule has 1 aliphatic carbocycles. The number of amides is 2. The van der Waals surface area contributed by atoms with Gasteiger partial charge in [-0.1, -0.05) is 26.0 Å². The van der Waals surface area contributed by atoms with Gasteiger partial charge in [-0.3, -0.25) is 9.59 Å². The molecule has 4 heteroatoms. The molecule has 0 fully saturated rings. The first-order valence-electron chi connectivity index (χ1n) is 7.42. The van der Waals surface area contributed by atoms with Gasteiger partial charge in [-0.25, -0.2) is 0 Å². The van der Waals surface area contributed by atoms with E-state index in [1.807, 2.05) is 13.8 Å². The van der Waals surface area contributed by atoms with Gasteiger partial charge in [0, 0.05) is 23.7 Å². The maximum absolute atomic E-state index is 11.9. The fourth-order valence-electron chi connectivity index (χ4n) is 2.24. The lowest BCUT2D eigenvalue weighted by Gasteiger charge is -2.10. The van der Waals surface area contributed by atoms with Crippen LogP contribution >= 0.6 is 0 Å². The monoisotopic (exact) mass is 286 g/mol. The molecule has 0 bridgehead atoms. The summed E-state index contributed by atoms with van der Waals surface area (Å²) in [7, 11) is 0. The zero-order valence-corrected chi connectivity index (χ0v) is 12.6. The fraction of sp³-hybridized carbons (Fsp3) is 0.412. The van der Waals surface area contributed by atoms with Gasteiger partial charge >= 0.3 is 0 Å². The van der Waals surface area contributed by atoms with Gasteiger partial charge in [0.25, 0.3) is 0 Å². The summed E-state index contributed by atoms with van der Waals surface area (Å²) in [5, 5.41) is 5.71. The van der Waals surface area contributed by atoms with E-state index in [0.29, 0.717) is 12.3 Å². The summed E-state index contributed by atoms with van der Waals surface area (Å²) in [6, 6.07) is 7.20. The summed E-state index contributed by atoms with van der Waals surface area (Å²) in [5.74, 6) is 0.337. The highest BCUT2D eigenvalue weighted by Crippen LogP contribution is 2.21. The normalized spacial score (nSPS) is 17.0. The molecule has 0 saturated carbocycles. The van der Waals surface area contributed by atoms with Gasteiger partial charge in [-0.05, 0) is 43.0 Å². The Hall–Kier alpha value is -2.10. The van der Waals surface area contributed by atoms with E-state index in [-0.39, 0.29) is 17.7 Å². The van der Waals surface area contributed by atoms with Crippen molar-refractivity contribution in [3.63, 3.8) is 0 Å². The maximum atomic E-state index is 11.9. The number of carbonyl (C=O) groups is 2. The third kappa shape index (κ3) is 4.74. The molecular formula is C17H22N2O2. The SMILES string of the molecule is CC(C)C(=O)Nc1ccc(NC(=O)C[C@H]2C=CCC2)cc1. The van der Waals surface area contributed by atoms with Crippen molar-refractivity contribution in [2.75, 3.05) is 10.6 Å². The second kappa shape index (κ2) is 7.07. The van der Waals surface area contributed by atoms with Crippen molar-refractivity contribution in [3.8, 4) is 0 Å². The van der Waals surface area contributed by atoms with E-state index in [1.165, 1.54) is 0 Å². The van der Waals surface area contributed by atoms with Gasteiger partial charge in [0.2, 0.25) is 11.8 Å². The zero-order chi connectivity index (χ0) is 15.2. The van der Waals surface area contributed by atoms with Gasteiger partial charge < -0.3 is 10.6 Å². The topological polar surface area (TPSA) is 58.2 Å². The van der Waals surface area contributed by atoms with Crippen LogP contribution < -0.4 is 10.6 Å². The highest BCUT2D eigenvalue weighted by atomic mass is 16.2. The lowest BCUT2D eigenvalue weighted by molar-refractivity contribution is -0.119. The molecule has 0 saturated heterocycles. The third-order valence-electron chi connectivity index (χ3n) is 3.52. The number of benzene rings is 1. The van der Waals surface area contributed by atoms with Crippen LogP contribution in [0.15, 0.2) is 36.4 Å². The van der Waals surface area contributed by atoms with Crippen molar-refractivity contribution in [2.24, 2.45) is 11.8 Å². The average Bonchev–Trinajstić information content (AvgIpc) is 2.93. The molecule has 1 atom stereocenters. The van der Waals surface area contributed by atoms with Crippen LogP contribution in [0.4, 0.5) is 11.4 Å². The molecule has 0 aliphatic heterocycles. The van der Waals surface area contributed by atoms with Crippen LogP contribution in [-0.2, 0) is 9.59 Å². The Bertz CT molecular complexity index is 532. The minimum Gasteiger partial charge on any atom is -0.326 e. The number of carbonyl (C=O) groups excluding carboxylic acids is 2. The highest BCUT2D eigenvalue weighted by molar-refractivity contribution is 5.93. The molecule has 0 spiro atoms. The fourth-order valence-corrected chi connectivity index (χ4v) is 2.24. The summed E-state index contributed by atoms with van der Waals surface area (Å²) in [4.78, 5) is 23.5. The number of hydrogen-bond acceptors (Lipinski definition) is 2. The van der Waals surface area contributed by atoms with Crippen LogP contribution in [0.5, 0.6) is 0 Å². The minimum atomic E-state index is -0.0520. The molecule has 4 nitrogen and oxygen atoms in total. The van der Waals surface area contributed by atoms with Crippen LogP contribution in [-0.4, -0.2) is 11.8 Å². The lowest BCUT2D eigenvalue weighted by Crippen LogP contribution is -2.18. The Morgan fingerprint density at radius 2 is 1.76 bits per heavy atom. The predicted octanol–water partition coefficient (Wildman–Crippen LogP) is 3.58. The number of rotatable bonds is 5. The number of nitrogens with one attached hydrogen (secondary N) is 2. The molecule has 0 aromatic heterocycles. The summed E-state index contributed by atoms with van der Waals surface area (Å²) in [6.45, 7) is 3.70. The second-order valence-corrected chi connectivity index (χ2v) is 5.74. The standard InChI is InChI=1S/C17H22N2O2/c1-12(2)17(21)19-15-9-7-14(8-10-15)18-16(20)11-13-5-3-4-6-13/h3,5,7-10,12-13H,4,6,11H2,1-2H3,(H,18,20)(H,19,21)/t13-/m0/s1. The van der Waals surface area contributed by atoms with Crippen molar-refractivity contribution in [1.82, 2.24) is 0 Å². The van der Waals surface area contributed by atoms with E-state index in [0.717, 1.165) is 24.2 Å². The smallest absolute Gasteiger partial charge is 0.226 e. The van der Waals surface area contributed by atoms with E-state index < -0.39 is 0 Å². The maximum Gasteiger partial charge on any atom is 0.226 e. The molecule has 0 unspecified atom stereocenters. The quantitative estimate of drug-likeness (QED) is 0.813. The van der Waals surface area contributed by atoms with E-state index in [2.05, 4.69) is 22.8 Å². The summed E-state index contributed by atoms with van der Waals surface area (Å²) in [5.41, 5.74) is 1.50. The minimum absolute atomic E-state index is 0.0141. The lowest BCUT2D eigenvalue weighted by atomic mass is 10.1. The first-order valence-corrected chi connectivity index (χ1v) is 7.42. The van der Waals surface area contributed by atoms with Crippen molar-refractivity contribution < 1.29 is 9.59 Å². The van der Waals surface area contributed by atoms with E-state index >= 15 is 0 Å². The predicted molar refractivity (Wildman–Crippen MR) is 85.0 cm³/mol. The van der Waals surface area contributed by atoms with Crippen molar-refractivity contribution in [2.45, 2.75) is 33.1 Å². The summed E-state index contributed by atoms with van der Waals surface area (Å²) >= 11 is 0. The summed E-state index contributed by atoms with van der Waals surface area (Å²) < 4.78 is 0. The Kier molecular flexibility index (Phi) is 5.14. The first kappa shape index (κ1) is 15.3. The third-order valence-corrected chi connectivity index (χ3v) is 3.52. The van der Waals surface area contributed by atoms with Crippen LogP contribution in [0.1, 0.15) is 33.1 Å². The van der Waals surface area contributed by atoms with Gasteiger partial charge in [0.1, 0.15) is 0 Å². The Morgan fingerprint density at radius 3 is 2.29 bits per heavy atom. The Morgan fingerprint density at radius 1 is 1.14 bits per heavy atom. The molecule has 1 aromatic rings. The molecule has 1 aliphatic rings. The largest absolute Gasteiger partial charge is 0.326 e. The first-order chi connectivity index (χ1) is 10.0. The molecule has 0 radical (unpaired) electrons. The molecule has 112 valence electrons. The molecule has 2 amide bonds. The molecule has 2 N–H and O–H groups in total. The molecule has 1 aromatic carbocycles. The number of anilines is 2. The molecular weight excluding hydrogens is 264 g/mol. The molecule has 0 heterocycles. The van der Waals surface area contributed by atoms with Crippen molar-refractivity contribution >= 4 is 23.2 Å². The molecule has 2 rings (SSSR count). The number of hydrogen-bond donors (Lipinski definition) is 2. The van der Waals surface area contributed by atoms with Crippen LogP contribution in [0.2, 0.25) is 0 Å². The Balaban J connectivity index is 1.85. The van der Waals surface area contributed by atoms with Gasteiger partial charge in [0.05, 0.1) is 0 Å². The van der Waals surface area contributed by atoms with Crippen molar-refractivity contribution in [1.29, 1.82) is 0 Å². The van der Waals surface area contributed by atoms with Gasteiger partial charge in [0.15, 0.2) is 0 Å². The van der Waals surface area contributed by atoms with Crippen LogP contribution in [0, 0.1) is 11.8 Å². The van der Waals surface area contributed by atoms with E-state index in [4.69, 9.17) is 0 Å². The second-order valence-electron chi connectivity index (χ2n) is 5.74. The van der Waals surface area contributed by atoms with E-state index in [1.54, 1.807) is 24.3 Å². The van der Waals surface area contributed by atoms with Crippen molar-refractivity contribution in [3.05, 3.63) is 36.4 Å². The van der Waals surface area contributed by atoms with Gasteiger partial charge in [-0.15, -0.1) is 0 Å². The Labute approximate surface area is 125 Å². The number of allylic oxidation sites excluding steroid dienone is 2. The highest BCUT2D eigenvalue weighted by Gasteiger charge is 2.14.